The van der Waals surface area contributed by atoms with E-state index in [0.29, 0.717) is 47.0 Å². The highest BCUT2D eigenvalue weighted by atomic mass is 35.5. The molecule has 1 aromatic heterocycles. The van der Waals surface area contributed by atoms with Crippen LogP contribution < -0.4 is 10.2 Å². The number of likely N-dealkylation sites (N-methyl/N-ethyl adjacent to an activating group) is 1. The summed E-state index contributed by atoms with van der Waals surface area (Å²) in [5.41, 5.74) is 3.12. The molecule has 5 rings (SSSR count). The van der Waals surface area contributed by atoms with E-state index in [4.69, 9.17) is 20.8 Å². The Balaban J connectivity index is 1.58. The van der Waals surface area contributed by atoms with Crippen molar-refractivity contribution in [1.29, 1.82) is 0 Å². The fourth-order valence-corrected chi connectivity index (χ4v) is 5.19. The number of fused-ring (bicyclic) bond motifs is 2. The highest BCUT2D eigenvalue weighted by molar-refractivity contribution is 6.32. The highest BCUT2D eigenvalue weighted by Crippen LogP contribution is 2.39. The molecule has 0 spiro atoms. The second kappa shape index (κ2) is 11.0. The largest absolute Gasteiger partial charge is 0.489 e. The van der Waals surface area contributed by atoms with Crippen LogP contribution in [0.2, 0.25) is 5.02 Å². The minimum absolute atomic E-state index is 0.101. The van der Waals surface area contributed by atoms with Crippen LogP contribution in [0.5, 0.6) is 5.75 Å². The first-order valence-corrected chi connectivity index (χ1v) is 13.4. The molecule has 1 amide bonds. The van der Waals surface area contributed by atoms with E-state index < -0.39 is 6.04 Å². The van der Waals surface area contributed by atoms with E-state index in [0.717, 1.165) is 29.8 Å². The van der Waals surface area contributed by atoms with Crippen molar-refractivity contribution >= 4 is 28.5 Å². The van der Waals surface area contributed by atoms with Gasteiger partial charge in [-0.15, -0.1) is 0 Å². The molecular weight excluding hydrogens is 500 g/mol. The molecule has 2 heterocycles. The second-order valence-electron chi connectivity index (χ2n) is 9.55. The molecule has 38 heavy (non-hydrogen) atoms. The number of nitrogens with zero attached hydrogens (tertiary/aromatic N) is 2. The molecule has 196 valence electrons. The van der Waals surface area contributed by atoms with E-state index in [1.165, 1.54) is 0 Å². The van der Waals surface area contributed by atoms with Crippen LogP contribution in [0.3, 0.4) is 0 Å². The number of amides is 1. The third kappa shape index (κ3) is 4.94. The van der Waals surface area contributed by atoms with Gasteiger partial charge in [-0.3, -0.25) is 9.59 Å². The first-order valence-electron chi connectivity index (χ1n) is 13.0. The van der Waals surface area contributed by atoms with Gasteiger partial charge in [0.25, 0.3) is 5.91 Å². The van der Waals surface area contributed by atoms with Crippen molar-refractivity contribution in [2.24, 2.45) is 0 Å². The fraction of sp³-hybridized carbons (Fsp3) is 0.290. The molecule has 1 unspecified atom stereocenters. The molecule has 0 aliphatic carbocycles. The normalized spacial score (nSPS) is 14.9. The van der Waals surface area contributed by atoms with Crippen LogP contribution in [0, 0.1) is 6.92 Å². The van der Waals surface area contributed by atoms with Gasteiger partial charge in [-0.05, 0) is 61.0 Å². The zero-order valence-electron chi connectivity index (χ0n) is 21.9. The first kappa shape index (κ1) is 26.0. The molecule has 4 aromatic rings. The summed E-state index contributed by atoms with van der Waals surface area (Å²) in [4.78, 5) is 31.6. The van der Waals surface area contributed by atoms with Gasteiger partial charge in [-0.25, -0.2) is 0 Å². The minimum Gasteiger partial charge on any atom is -0.489 e. The smallest absolute Gasteiger partial charge is 0.290 e. The maximum Gasteiger partial charge on any atom is 0.290 e. The number of hydrogen-bond acceptors (Lipinski definition) is 5. The first-order chi connectivity index (χ1) is 18.4. The van der Waals surface area contributed by atoms with Gasteiger partial charge in [0, 0.05) is 18.1 Å². The van der Waals surface area contributed by atoms with Gasteiger partial charge in [0.1, 0.15) is 17.9 Å². The predicted molar refractivity (Wildman–Crippen MR) is 150 cm³/mol. The van der Waals surface area contributed by atoms with Gasteiger partial charge in [-0.1, -0.05) is 67.9 Å². The number of benzene rings is 3. The van der Waals surface area contributed by atoms with E-state index in [2.05, 4.69) is 18.7 Å². The van der Waals surface area contributed by atoms with E-state index in [9.17, 15) is 9.59 Å². The molecule has 3 aromatic carbocycles. The number of carbonyl (C=O) groups is 1. The third-order valence-corrected chi connectivity index (χ3v) is 7.63. The Kier molecular flexibility index (Phi) is 7.54. The van der Waals surface area contributed by atoms with E-state index in [1.54, 1.807) is 17.0 Å². The summed E-state index contributed by atoms with van der Waals surface area (Å²) in [5, 5.41) is 0.861. The number of rotatable bonds is 9. The summed E-state index contributed by atoms with van der Waals surface area (Å²) in [6, 6.07) is 20.3. The monoisotopic (exact) mass is 530 g/mol. The molecule has 6 nitrogen and oxygen atoms in total. The predicted octanol–water partition coefficient (Wildman–Crippen LogP) is 6.22. The molecule has 7 heteroatoms. The lowest BCUT2D eigenvalue weighted by Crippen LogP contribution is -2.37. The summed E-state index contributed by atoms with van der Waals surface area (Å²) in [6.07, 6.45) is 0. The van der Waals surface area contributed by atoms with Gasteiger partial charge < -0.3 is 19.0 Å². The summed E-state index contributed by atoms with van der Waals surface area (Å²) in [5.74, 6) is 0.489. The van der Waals surface area contributed by atoms with Crippen LogP contribution in [0.4, 0.5) is 0 Å². The molecule has 0 saturated carbocycles. The lowest BCUT2D eigenvalue weighted by Gasteiger charge is -2.28. The summed E-state index contributed by atoms with van der Waals surface area (Å²) >= 11 is 6.36. The quantitative estimate of drug-likeness (QED) is 0.257. The Morgan fingerprint density at radius 3 is 2.50 bits per heavy atom. The second-order valence-corrected chi connectivity index (χ2v) is 9.95. The molecule has 1 aliphatic heterocycles. The Morgan fingerprint density at radius 2 is 1.76 bits per heavy atom. The molecule has 0 fully saturated rings. The Bertz CT molecular complexity index is 1530. The van der Waals surface area contributed by atoms with Gasteiger partial charge in [0.2, 0.25) is 5.76 Å². The molecule has 0 radical (unpaired) electrons. The number of halogens is 1. The third-order valence-electron chi connectivity index (χ3n) is 7.22. The number of ether oxygens (including phenoxy) is 1. The van der Waals surface area contributed by atoms with Crippen molar-refractivity contribution in [2.75, 3.05) is 26.2 Å². The highest BCUT2D eigenvalue weighted by Gasteiger charge is 2.42. The molecular formula is C31H31ClN2O4. The average Bonchev–Trinajstić information content (AvgIpc) is 3.21. The van der Waals surface area contributed by atoms with Crippen molar-refractivity contribution in [3.63, 3.8) is 0 Å². The van der Waals surface area contributed by atoms with Crippen molar-refractivity contribution in [3.05, 3.63) is 110 Å². The topological polar surface area (TPSA) is 63.0 Å². The van der Waals surface area contributed by atoms with Gasteiger partial charge >= 0.3 is 0 Å². The Morgan fingerprint density at radius 1 is 1.00 bits per heavy atom. The summed E-state index contributed by atoms with van der Waals surface area (Å²) in [7, 11) is 0. The maximum absolute atomic E-state index is 13.9. The zero-order chi connectivity index (χ0) is 26.8. The molecule has 1 aliphatic rings. The van der Waals surface area contributed by atoms with Crippen LogP contribution in [0.1, 0.15) is 52.7 Å². The standard InChI is InChI=1S/C31H31ClN2O4/c1-4-33(5-2)14-15-34-28(22-12-9-13-23(17-22)37-19-21-10-7-6-8-11-21)27-29(35)24-18-25(32)20(3)16-26(24)38-30(27)31(34)36/h6-13,16-18,28H,4-5,14-15,19H2,1-3H3. The number of aryl methyl sites for hydroxylation is 1. The SMILES string of the molecule is CCN(CC)CCN1C(=O)c2oc3cc(C)c(Cl)cc3c(=O)c2C1c1cccc(OCc2ccccc2)c1. The van der Waals surface area contributed by atoms with E-state index >= 15 is 0 Å². The number of hydrogen-bond donors (Lipinski definition) is 0. The minimum atomic E-state index is -0.589. The number of carbonyl (C=O) groups excluding carboxylic acids is 1. The zero-order valence-corrected chi connectivity index (χ0v) is 22.6. The van der Waals surface area contributed by atoms with Crippen LogP contribution in [0.25, 0.3) is 11.0 Å². The van der Waals surface area contributed by atoms with E-state index in [1.807, 2.05) is 61.5 Å². The maximum atomic E-state index is 13.9. The van der Waals surface area contributed by atoms with Crippen molar-refractivity contribution in [2.45, 2.75) is 33.4 Å². The molecule has 0 saturated heterocycles. The van der Waals surface area contributed by atoms with Crippen LogP contribution >= 0.6 is 11.6 Å². The Hall–Kier alpha value is -3.61. The fourth-order valence-electron chi connectivity index (χ4n) is 5.02. The summed E-state index contributed by atoms with van der Waals surface area (Å²) in [6.45, 7) is 9.34. The average molecular weight is 531 g/mol. The van der Waals surface area contributed by atoms with Crippen molar-refractivity contribution < 1.29 is 13.9 Å². The van der Waals surface area contributed by atoms with Gasteiger partial charge in [0.05, 0.1) is 17.0 Å². The molecule has 0 N–H and O–H groups in total. The lowest BCUT2D eigenvalue weighted by atomic mass is 9.98. The van der Waals surface area contributed by atoms with Crippen molar-refractivity contribution in [3.8, 4) is 5.75 Å². The van der Waals surface area contributed by atoms with Crippen molar-refractivity contribution in [1.82, 2.24) is 9.80 Å². The molecule has 1 atom stereocenters. The Labute approximate surface area is 227 Å². The summed E-state index contributed by atoms with van der Waals surface area (Å²) < 4.78 is 12.2. The van der Waals surface area contributed by atoms with Crippen LogP contribution in [-0.2, 0) is 6.61 Å². The van der Waals surface area contributed by atoms with E-state index in [-0.39, 0.29) is 17.1 Å². The lowest BCUT2D eigenvalue weighted by molar-refractivity contribution is 0.0708. The molecule has 0 bridgehead atoms. The van der Waals surface area contributed by atoms with Gasteiger partial charge in [0.15, 0.2) is 5.43 Å². The van der Waals surface area contributed by atoms with Crippen LogP contribution in [0.15, 0.2) is 75.9 Å². The van der Waals surface area contributed by atoms with Crippen LogP contribution in [-0.4, -0.2) is 41.9 Å². The van der Waals surface area contributed by atoms with Gasteiger partial charge in [-0.2, -0.15) is 0 Å².